The van der Waals surface area contributed by atoms with Crippen molar-refractivity contribution in [2.75, 3.05) is 18.0 Å². The molecule has 0 unspecified atom stereocenters. The number of amides is 1. The second kappa shape index (κ2) is 6.96. The molecule has 2 aliphatic heterocycles. The monoisotopic (exact) mass is 466 g/mol. The maximum absolute atomic E-state index is 13.2. The molecule has 1 fully saturated rings. The summed E-state index contributed by atoms with van der Waals surface area (Å²) in [6.45, 7) is 1.16. The Morgan fingerprint density at radius 3 is 2.52 bits per heavy atom. The van der Waals surface area contributed by atoms with Gasteiger partial charge in [0.2, 0.25) is 9.84 Å². The topological polar surface area (TPSA) is 57.7 Å². The van der Waals surface area contributed by atoms with Gasteiger partial charge in [-0.25, -0.2) is 8.42 Å². The fraction of sp³-hybridized carbons (Fsp3) is 0.211. The zero-order valence-corrected chi connectivity index (χ0v) is 17.4. The minimum Gasteiger partial charge on any atom is -0.338 e. The number of halogens is 2. The molecule has 0 radical (unpaired) electrons. The van der Waals surface area contributed by atoms with Crippen LogP contribution in [0.4, 0.5) is 11.4 Å². The molecule has 27 heavy (non-hydrogen) atoms. The molecule has 1 amide bonds. The van der Waals surface area contributed by atoms with E-state index in [-0.39, 0.29) is 9.80 Å². The minimum absolute atomic E-state index is 0.0805. The largest absolute Gasteiger partial charge is 0.338 e. The molecule has 0 atom stereocenters. The molecule has 0 saturated carbocycles. The number of hydrogen-bond donors (Lipinski definition) is 0. The van der Waals surface area contributed by atoms with E-state index in [1.807, 2.05) is 24.3 Å². The molecule has 5 nitrogen and oxygen atoms in total. The van der Waals surface area contributed by atoms with E-state index < -0.39 is 15.7 Å². The van der Waals surface area contributed by atoms with Crippen molar-refractivity contribution in [3.05, 3.63) is 63.1 Å². The number of benzene rings is 2. The fourth-order valence-electron chi connectivity index (χ4n) is 3.37. The van der Waals surface area contributed by atoms with Gasteiger partial charge >= 0.3 is 0 Å². The van der Waals surface area contributed by atoms with E-state index >= 15 is 0 Å². The predicted molar refractivity (Wildman–Crippen MR) is 109 cm³/mol. The van der Waals surface area contributed by atoms with Gasteiger partial charge in [-0.1, -0.05) is 33.6 Å². The molecule has 1 saturated heterocycles. The summed E-state index contributed by atoms with van der Waals surface area (Å²) in [4.78, 5) is 16.1. The number of anilines is 2. The Labute approximate surface area is 171 Å². The van der Waals surface area contributed by atoms with Gasteiger partial charge in [-0.3, -0.25) is 4.79 Å². The van der Waals surface area contributed by atoms with Gasteiger partial charge in [-0.05, 0) is 49.2 Å². The van der Waals surface area contributed by atoms with Gasteiger partial charge in [-0.2, -0.15) is 0 Å². The molecule has 2 aromatic rings. The molecule has 8 heteroatoms. The van der Waals surface area contributed by atoms with Gasteiger partial charge in [0.25, 0.3) is 5.91 Å². The summed E-state index contributed by atoms with van der Waals surface area (Å²) in [7, 11) is -3.93. The zero-order valence-electron chi connectivity index (χ0n) is 14.2. The van der Waals surface area contributed by atoms with Crippen molar-refractivity contribution >= 4 is 54.7 Å². The molecular weight excluding hydrogens is 452 g/mol. The molecule has 0 spiro atoms. The molecule has 140 valence electrons. The van der Waals surface area contributed by atoms with Crippen LogP contribution in [0.3, 0.4) is 0 Å². The first-order valence-electron chi connectivity index (χ1n) is 8.48. The third-order valence-corrected chi connectivity index (χ3v) is 7.21. The van der Waals surface area contributed by atoms with Crippen LogP contribution in [0.5, 0.6) is 0 Å². The Hall–Kier alpha value is -1.83. The van der Waals surface area contributed by atoms with Gasteiger partial charge in [0.15, 0.2) is 4.91 Å². The Morgan fingerprint density at radius 1 is 1.07 bits per heavy atom. The number of carbonyl (C=O) groups is 1. The first-order chi connectivity index (χ1) is 12.9. The first kappa shape index (κ1) is 18.5. The lowest BCUT2D eigenvalue weighted by Gasteiger charge is -2.30. The van der Waals surface area contributed by atoms with Crippen LogP contribution in [0, 0.1) is 0 Å². The van der Waals surface area contributed by atoms with E-state index in [9.17, 15) is 13.2 Å². The van der Waals surface area contributed by atoms with Gasteiger partial charge < -0.3 is 9.80 Å². The number of fused-ring (bicyclic) bond motifs is 1. The van der Waals surface area contributed by atoms with Gasteiger partial charge in [-0.15, -0.1) is 0 Å². The minimum atomic E-state index is -3.93. The molecule has 0 bridgehead atoms. The highest BCUT2D eigenvalue weighted by molar-refractivity contribution is 9.10. The van der Waals surface area contributed by atoms with Crippen molar-refractivity contribution in [2.24, 2.45) is 0 Å². The van der Waals surface area contributed by atoms with Crippen LogP contribution in [0.1, 0.15) is 12.8 Å². The normalized spacial score (nSPS) is 18.2. The summed E-state index contributed by atoms with van der Waals surface area (Å²) in [5, 5.41) is 0.423. The third-order valence-electron chi connectivity index (χ3n) is 4.70. The van der Waals surface area contributed by atoms with E-state index in [1.165, 1.54) is 18.3 Å². The van der Waals surface area contributed by atoms with Crippen molar-refractivity contribution in [2.45, 2.75) is 17.7 Å². The summed E-state index contributed by atoms with van der Waals surface area (Å²) < 4.78 is 27.2. The molecular formula is C19H16BrClN2O3S. The average Bonchev–Trinajstić information content (AvgIpc) is 3.15. The highest BCUT2D eigenvalue weighted by atomic mass is 79.9. The van der Waals surface area contributed by atoms with Crippen LogP contribution in [0.15, 0.2) is 62.9 Å². The van der Waals surface area contributed by atoms with E-state index in [1.54, 1.807) is 15.9 Å². The number of nitrogens with zero attached hydrogens (tertiary/aromatic N) is 2. The highest BCUT2D eigenvalue weighted by Gasteiger charge is 2.38. The van der Waals surface area contributed by atoms with Crippen LogP contribution in [0.2, 0.25) is 5.02 Å². The zero-order chi connectivity index (χ0) is 19.2. The molecule has 2 heterocycles. The third kappa shape index (κ3) is 3.28. The number of rotatable bonds is 2. The average molecular weight is 468 g/mol. The smallest absolute Gasteiger partial charge is 0.267 e. The van der Waals surface area contributed by atoms with Crippen molar-refractivity contribution < 1.29 is 13.2 Å². The van der Waals surface area contributed by atoms with Crippen LogP contribution in [-0.4, -0.2) is 32.3 Å². The van der Waals surface area contributed by atoms with Gasteiger partial charge in [0.1, 0.15) is 0 Å². The Kier molecular flexibility index (Phi) is 4.78. The van der Waals surface area contributed by atoms with E-state index in [0.29, 0.717) is 23.8 Å². The summed E-state index contributed by atoms with van der Waals surface area (Å²) in [5.74, 6) is -0.451. The summed E-state index contributed by atoms with van der Waals surface area (Å²) in [6, 6.07) is 12.0. The van der Waals surface area contributed by atoms with E-state index in [4.69, 9.17) is 11.6 Å². The SMILES string of the molecule is O=C(C1=CN(c2cccc(Br)c2)c2cc(Cl)ccc2S1(=O)=O)N1CCCC1. The highest BCUT2D eigenvalue weighted by Crippen LogP contribution is 2.41. The van der Waals surface area contributed by atoms with Crippen molar-refractivity contribution in [1.82, 2.24) is 4.90 Å². The number of likely N-dealkylation sites (tertiary alicyclic amines) is 1. The maximum atomic E-state index is 13.2. The van der Waals surface area contributed by atoms with E-state index in [2.05, 4.69) is 15.9 Å². The fourth-order valence-corrected chi connectivity index (χ4v) is 5.44. The Morgan fingerprint density at radius 2 is 1.81 bits per heavy atom. The summed E-state index contributed by atoms with van der Waals surface area (Å²) in [6.07, 6.45) is 3.19. The van der Waals surface area contributed by atoms with Crippen LogP contribution in [-0.2, 0) is 14.6 Å². The number of hydrogen-bond acceptors (Lipinski definition) is 4. The number of sulfone groups is 1. The predicted octanol–water partition coefficient (Wildman–Crippen LogP) is 4.49. The van der Waals surface area contributed by atoms with Gasteiger partial charge in [0, 0.05) is 34.5 Å². The van der Waals surface area contributed by atoms with Crippen LogP contribution >= 0.6 is 27.5 Å². The molecule has 0 N–H and O–H groups in total. The van der Waals surface area contributed by atoms with Crippen LogP contribution < -0.4 is 4.90 Å². The second-order valence-electron chi connectivity index (χ2n) is 6.46. The van der Waals surface area contributed by atoms with E-state index in [0.717, 1.165) is 23.0 Å². The molecule has 0 aliphatic carbocycles. The van der Waals surface area contributed by atoms with Crippen LogP contribution in [0.25, 0.3) is 0 Å². The standard InChI is InChI=1S/C19H16BrClN2O3S/c20-13-4-3-5-15(10-13)23-12-18(19(24)22-8-1-2-9-22)27(25,26)17-7-6-14(21)11-16(17)23/h3-7,10-12H,1-2,8-9H2. The second-order valence-corrected chi connectivity index (χ2v) is 9.70. The molecule has 2 aromatic carbocycles. The Bertz CT molecular complexity index is 1060. The molecule has 0 aromatic heterocycles. The molecule has 2 aliphatic rings. The Balaban J connectivity index is 1.91. The van der Waals surface area contributed by atoms with Crippen molar-refractivity contribution in [1.29, 1.82) is 0 Å². The lowest BCUT2D eigenvalue weighted by Crippen LogP contribution is -2.35. The lowest BCUT2D eigenvalue weighted by atomic mass is 10.2. The van der Waals surface area contributed by atoms with Crippen molar-refractivity contribution in [3.63, 3.8) is 0 Å². The van der Waals surface area contributed by atoms with Gasteiger partial charge in [0.05, 0.1) is 10.6 Å². The maximum Gasteiger partial charge on any atom is 0.267 e. The first-order valence-corrected chi connectivity index (χ1v) is 11.1. The summed E-state index contributed by atoms with van der Waals surface area (Å²) in [5.41, 5.74) is 1.16. The number of carbonyl (C=O) groups excluding carboxylic acids is 1. The quantitative estimate of drug-likeness (QED) is 0.653. The molecule has 4 rings (SSSR count). The van der Waals surface area contributed by atoms with Crippen molar-refractivity contribution in [3.8, 4) is 0 Å². The summed E-state index contributed by atoms with van der Waals surface area (Å²) >= 11 is 9.57. The lowest BCUT2D eigenvalue weighted by molar-refractivity contribution is -0.125.